The first kappa shape index (κ1) is 18.8. The van der Waals surface area contributed by atoms with Crippen LogP contribution in [-0.4, -0.2) is 29.7 Å². The summed E-state index contributed by atoms with van der Waals surface area (Å²) in [5, 5.41) is 3.83. The minimum atomic E-state index is -3.53. The van der Waals surface area contributed by atoms with Crippen LogP contribution in [0.1, 0.15) is 37.7 Å². The fourth-order valence-electron chi connectivity index (χ4n) is 2.61. The van der Waals surface area contributed by atoms with Crippen molar-refractivity contribution < 1.29 is 12.9 Å². The third-order valence-corrected chi connectivity index (χ3v) is 6.90. The number of hydrogen-bond acceptors (Lipinski definition) is 6. The third-order valence-electron chi connectivity index (χ3n) is 3.85. The lowest BCUT2D eigenvalue weighted by atomic mass is 10.2. The predicted octanol–water partition coefficient (Wildman–Crippen LogP) is 3.40. The second-order valence-corrected chi connectivity index (χ2v) is 9.41. The number of aromatic nitrogens is 3. The molecule has 3 heterocycles. The van der Waals surface area contributed by atoms with E-state index in [4.69, 9.17) is 4.52 Å². The van der Waals surface area contributed by atoms with Crippen LogP contribution < -0.4 is 4.72 Å². The number of nitrogens with one attached hydrogen (secondary N) is 1. The van der Waals surface area contributed by atoms with Gasteiger partial charge in [-0.1, -0.05) is 19.0 Å². The van der Waals surface area contributed by atoms with E-state index in [1.807, 2.05) is 13.1 Å². The molecule has 0 aliphatic rings. The van der Waals surface area contributed by atoms with Crippen molar-refractivity contribution >= 4 is 21.4 Å². The van der Waals surface area contributed by atoms with Gasteiger partial charge in [-0.15, -0.1) is 11.3 Å². The lowest BCUT2D eigenvalue weighted by Gasteiger charge is -2.10. The topological polar surface area (TPSA) is 90.0 Å². The highest BCUT2D eigenvalue weighted by molar-refractivity contribution is 7.91. The maximum Gasteiger partial charge on any atom is 0.250 e. The maximum atomic E-state index is 12.5. The molecule has 0 spiro atoms. The van der Waals surface area contributed by atoms with E-state index in [-0.39, 0.29) is 4.21 Å². The molecule has 140 valence electrons. The standard InChI is InChI=1S/C17H22N4O3S2/c1-12(2)17-18-8-10-21(17)9-4-7-19-26(22,23)16-6-5-15(25-16)14-11-13(3)20-24-14/h5-6,8,10-12,19H,4,7,9H2,1-3H3. The van der Waals surface area contributed by atoms with Gasteiger partial charge >= 0.3 is 0 Å². The molecule has 0 aliphatic heterocycles. The second-order valence-electron chi connectivity index (χ2n) is 6.34. The first-order valence-corrected chi connectivity index (χ1v) is 10.7. The first-order valence-electron chi connectivity index (χ1n) is 8.41. The van der Waals surface area contributed by atoms with Crippen LogP contribution in [0.5, 0.6) is 0 Å². The van der Waals surface area contributed by atoms with E-state index in [2.05, 4.69) is 33.3 Å². The molecule has 0 unspecified atom stereocenters. The van der Waals surface area contributed by atoms with Crippen molar-refractivity contribution in [2.75, 3.05) is 6.54 Å². The molecule has 0 radical (unpaired) electrons. The molecule has 1 N–H and O–H groups in total. The number of sulfonamides is 1. The molecule has 0 bridgehead atoms. The number of aryl methyl sites for hydroxylation is 2. The number of rotatable bonds is 8. The zero-order valence-corrected chi connectivity index (χ0v) is 16.6. The lowest BCUT2D eigenvalue weighted by molar-refractivity contribution is 0.428. The summed E-state index contributed by atoms with van der Waals surface area (Å²) in [7, 11) is -3.53. The Bertz CT molecular complexity index is 970. The van der Waals surface area contributed by atoms with E-state index in [9.17, 15) is 8.42 Å². The molecular formula is C17H22N4O3S2. The smallest absolute Gasteiger partial charge is 0.250 e. The molecule has 9 heteroatoms. The van der Waals surface area contributed by atoms with Gasteiger partial charge in [-0.25, -0.2) is 18.1 Å². The van der Waals surface area contributed by atoms with Crippen molar-refractivity contribution in [2.24, 2.45) is 0 Å². The zero-order chi connectivity index (χ0) is 18.7. The highest BCUT2D eigenvalue weighted by atomic mass is 32.2. The minimum absolute atomic E-state index is 0.270. The van der Waals surface area contributed by atoms with E-state index in [0.29, 0.717) is 24.6 Å². The van der Waals surface area contributed by atoms with Gasteiger partial charge in [-0.2, -0.15) is 0 Å². The fraction of sp³-hybridized carbons (Fsp3) is 0.412. The highest BCUT2D eigenvalue weighted by Gasteiger charge is 2.18. The maximum absolute atomic E-state index is 12.5. The molecule has 3 aromatic heterocycles. The summed E-state index contributed by atoms with van der Waals surface area (Å²) < 4.78 is 35.1. The Morgan fingerprint density at radius 2 is 2.15 bits per heavy atom. The van der Waals surface area contributed by atoms with Crippen molar-refractivity contribution in [2.45, 2.75) is 43.9 Å². The molecule has 3 rings (SSSR count). The van der Waals surface area contributed by atoms with Gasteiger partial charge in [0.1, 0.15) is 10.0 Å². The SMILES string of the molecule is Cc1cc(-c2ccc(S(=O)(=O)NCCCn3ccnc3C(C)C)s2)on1. The van der Waals surface area contributed by atoms with Crippen molar-refractivity contribution in [3.05, 3.63) is 42.1 Å². The van der Waals surface area contributed by atoms with Crippen LogP contribution in [0.3, 0.4) is 0 Å². The van der Waals surface area contributed by atoms with Gasteiger partial charge in [-0.3, -0.25) is 0 Å². The highest BCUT2D eigenvalue weighted by Crippen LogP contribution is 2.30. The Morgan fingerprint density at radius 1 is 1.35 bits per heavy atom. The van der Waals surface area contributed by atoms with Crippen LogP contribution in [0, 0.1) is 6.92 Å². The molecule has 26 heavy (non-hydrogen) atoms. The number of nitrogens with zero attached hydrogens (tertiary/aromatic N) is 3. The fourth-order valence-corrected chi connectivity index (χ4v) is 4.99. The lowest BCUT2D eigenvalue weighted by Crippen LogP contribution is -2.25. The summed E-state index contributed by atoms with van der Waals surface area (Å²) in [6.45, 7) is 7.10. The third kappa shape index (κ3) is 4.22. The van der Waals surface area contributed by atoms with Crippen molar-refractivity contribution in [3.63, 3.8) is 0 Å². The summed E-state index contributed by atoms with van der Waals surface area (Å²) in [4.78, 5) is 5.08. The molecule has 3 aromatic rings. The minimum Gasteiger partial charge on any atom is -0.355 e. The van der Waals surface area contributed by atoms with E-state index in [1.54, 1.807) is 24.4 Å². The van der Waals surface area contributed by atoms with Gasteiger partial charge in [0, 0.05) is 37.5 Å². The molecule has 0 amide bonds. The van der Waals surface area contributed by atoms with E-state index >= 15 is 0 Å². The van der Waals surface area contributed by atoms with E-state index in [1.165, 1.54) is 11.3 Å². The largest absolute Gasteiger partial charge is 0.355 e. The Kier molecular flexibility index (Phi) is 5.59. The van der Waals surface area contributed by atoms with E-state index < -0.39 is 10.0 Å². The zero-order valence-electron chi connectivity index (χ0n) is 15.0. The van der Waals surface area contributed by atoms with Gasteiger partial charge in [0.2, 0.25) is 10.0 Å². The van der Waals surface area contributed by atoms with Gasteiger partial charge < -0.3 is 9.09 Å². The number of thiophene rings is 1. The van der Waals surface area contributed by atoms with Crippen LogP contribution in [0.25, 0.3) is 10.6 Å². The average Bonchev–Trinajstić information content (AvgIpc) is 3.31. The van der Waals surface area contributed by atoms with Crippen LogP contribution in [0.15, 0.2) is 39.3 Å². The van der Waals surface area contributed by atoms with Gasteiger partial charge in [0.05, 0.1) is 10.6 Å². The van der Waals surface area contributed by atoms with E-state index in [0.717, 1.165) is 22.9 Å². The molecule has 0 saturated heterocycles. The Labute approximate surface area is 157 Å². The Balaban J connectivity index is 1.57. The molecule has 0 aliphatic carbocycles. The molecule has 0 atom stereocenters. The second kappa shape index (κ2) is 7.73. The van der Waals surface area contributed by atoms with Gasteiger partial charge in [-0.05, 0) is 25.5 Å². The molecule has 0 aromatic carbocycles. The van der Waals surface area contributed by atoms with Crippen molar-refractivity contribution in [1.29, 1.82) is 0 Å². The molecule has 0 fully saturated rings. The number of hydrogen-bond donors (Lipinski definition) is 1. The summed E-state index contributed by atoms with van der Waals surface area (Å²) in [5.41, 5.74) is 0.760. The van der Waals surface area contributed by atoms with Gasteiger partial charge in [0.15, 0.2) is 5.76 Å². The predicted molar refractivity (Wildman–Crippen MR) is 101 cm³/mol. The van der Waals surface area contributed by atoms with Gasteiger partial charge in [0.25, 0.3) is 0 Å². The van der Waals surface area contributed by atoms with Crippen LogP contribution in [-0.2, 0) is 16.6 Å². The summed E-state index contributed by atoms with van der Waals surface area (Å²) in [5.74, 6) is 1.93. The molecule has 0 saturated carbocycles. The average molecular weight is 395 g/mol. The van der Waals surface area contributed by atoms with Crippen molar-refractivity contribution in [3.8, 4) is 10.6 Å². The molecular weight excluding hydrogens is 372 g/mol. The quantitative estimate of drug-likeness (QED) is 0.591. The first-order chi connectivity index (χ1) is 12.4. The Hall–Kier alpha value is -1.97. The van der Waals surface area contributed by atoms with Crippen molar-refractivity contribution in [1.82, 2.24) is 19.4 Å². The Morgan fingerprint density at radius 3 is 2.85 bits per heavy atom. The van der Waals surface area contributed by atoms with Crippen LogP contribution in [0.2, 0.25) is 0 Å². The van der Waals surface area contributed by atoms with Crippen LogP contribution >= 0.6 is 11.3 Å². The van der Waals surface area contributed by atoms with Crippen LogP contribution in [0.4, 0.5) is 0 Å². The summed E-state index contributed by atoms with van der Waals surface area (Å²) in [6.07, 6.45) is 4.39. The summed E-state index contributed by atoms with van der Waals surface area (Å²) in [6, 6.07) is 5.11. The monoisotopic (exact) mass is 394 g/mol. The number of imidazole rings is 1. The molecule has 7 nitrogen and oxygen atoms in total. The normalized spacial score (nSPS) is 12.2. The summed E-state index contributed by atoms with van der Waals surface area (Å²) >= 11 is 1.17.